The Hall–Kier alpha value is -3.06. The van der Waals surface area contributed by atoms with E-state index in [1.54, 1.807) is 6.20 Å². The number of nitrogens with zero attached hydrogens (tertiary/aromatic N) is 3. The molecule has 2 N–H and O–H groups in total. The van der Waals surface area contributed by atoms with Gasteiger partial charge in [0.1, 0.15) is 17.5 Å². The molecule has 2 aromatic heterocycles. The number of carbonyl (C=O) groups is 1. The molecule has 1 saturated carbocycles. The van der Waals surface area contributed by atoms with Crippen molar-refractivity contribution in [2.24, 2.45) is 5.92 Å². The van der Waals surface area contributed by atoms with Crippen LogP contribution in [-0.2, 0) is 6.54 Å². The highest BCUT2D eigenvalue weighted by Crippen LogP contribution is 2.33. The average molecular weight is 406 g/mol. The molecular weight excluding hydrogens is 378 g/mol. The molecule has 0 radical (unpaired) electrons. The first-order valence-electron chi connectivity index (χ1n) is 10.7. The monoisotopic (exact) mass is 405 g/mol. The van der Waals surface area contributed by atoms with E-state index in [1.807, 2.05) is 53.2 Å². The van der Waals surface area contributed by atoms with E-state index in [2.05, 4.69) is 20.5 Å². The van der Waals surface area contributed by atoms with Crippen LogP contribution < -0.4 is 15.4 Å². The molecule has 0 atom stereocenters. The molecule has 7 heteroatoms. The summed E-state index contributed by atoms with van der Waals surface area (Å²) in [5.41, 5.74) is 2.60. The summed E-state index contributed by atoms with van der Waals surface area (Å²) in [5, 5.41) is 5.73. The average Bonchev–Trinajstić information content (AvgIpc) is 3.44. The van der Waals surface area contributed by atoms with Crippen LogP contribution in [0.25, 0.3) is 5.65 Å². The fraction of sp³-hybridized carbons (Fsp3) is 0.391. The molecule has 5 rings (SSSR count). The quantitative estimate of drug-likeness (QED) is 0.602. The largest absolute Gasteiger partial charge is 0.488 e. The number of fused-ring (bicyclic) bond motifs is 1. The van der Waals surface area contributed by atoms with Gasteiger partial charge in [0.2, 0.25) is 0 Å². The normalized spacial score (nSPS) is 16.9. The van der Waals surface area contributed by atoms with Crippen LogP contribution in [-0.4, -0.2) is 46.1 Å². The summed E-state index contributed by atoms with van der Waals surface area (Å²) in [6.45, 7) is 3.67. The standard InChI is InChI=1S/C23H27N5O2/c29-23(25-14-18-8-11-28-12-9-24-22(28)13-18)26-19-3-5-20(6-4-19)30-21-15-27(16-21)10-7-17-1-2-17/h3-6,8-9,11-13,17,21H,1-2,7,10,14-16H2,(H2,25,26,29). The van der Waals surface area contributed by atoms with E-state index < -0.39 is 0 Å². The molecule has 3 aromatic rings. The minimum absolute atomic E-state index is 0.239. The number of anilines is 1. The van der Waals surface area contributed by atoms with Crippen LogP contribution in [0.15, 0.2) is 55.0 Å². The Morgan fingerprint density at radius 1 is 1.13 bits per heavy atom. The van der Waals surface area contributed by atoms with Gasteiger partial charge in [0.25, 0.3) is 0 Å². The third kappa shape index (κ3) is 4.74. The smallest absolute Gasteiger partial charge is 0.319 e. The molecule has 0 spiro atoms. The van der Waals surface area contributed by atoms with Gasteiger partial charge in [0.15, 0.2) is 0 Å². The van der Waals surface area contributed by atoms with Crippen molar-refractivity contribution >= 4 is 17.4 Å². The Kier molecular flexibility index (Phi) is 5.27. The van der Waals surface area contributed by atoms with Gasteiger partial charge in [0.05, 0.1) is 0 Å². The SMILES string of the molecule is O=C(NCc1ccn2ccnc2c1)Nc1ccc(OC2CN(CCC3CC3)C2)cc1. The van der Waals surface area contributed by atoms with Crippen LogP contribution in [0.4, 0.5) is 10.5 Å². The number of rotatable bonds is 8. The molecule has 2 fully saturated rings. The van der Waals surface area contributed by atoms with Gasteiger partial charge in [-0.3, -0.25) is 4.90 Å². The molecule has 2 amide bonds. The van der Waals surface area contributed by atoms with E-state index in [1.165, 1.54) is 25.8 Å². The van der Waals surface area contributed by atoms with Gasteiger partial charge in [0, 0.05) is 43.9 Å². The third-order valence-electron chi connectivity index (χ3n) is 5.80. The second-order valence-corrected chi connectivity index (χ2v) is 8.29. The topological polar surface area (TPSA) is 70.9 Å². The first-order valence-corrected chi connectivity index (χ1v) is 10.7. The van der Waals surface area contributed by atoms with Gasteiger partial charge in [-0.1, -0.05) is 12.8 Å². The summed E-state index contributed by atoms with van der Waals surface area (Å²) in [6, 6.07) is 11.2. The number of hydrogen-bond donors (Lipinski definition) is 2. The molecule has 30 heavy (non-hydrogen) atoms. The van der Waals surface area contributed by atoms with Gasteiger partial charge >= 0.3 is 6.03 Å². The Labute approximate surface area is 176 Å². The van der Waals surface area contributed by atoms with Crippen LogP contribution >= 0.6 is 0 Å². The highest BCUT2D eigenvalue weighted by molar-refractivity contribution is 5.89. The zero-order valence-electron chi connectivity index (χ0n) is 17.0. The Morgan fingerprint density at radius 2 is 1.97 bits per heavy atom. The number of hydrogen-bond acceptors (Lipinski definition) is 4. The van der Waals surface area contributed by atoms with Crippen LogP contribution in [0.2, 0.25) is 0 Å². The predicted octanol–water partition coefficient (Wildman–Crippen LogP) is 3.52. The van der Waals surface area contributed by atoms with E-state index in [9.17, 15) is 4.79 Å². The number of amides is 2. The van der Waals surface area contributed by atoms with Crippen molar-refractivity contribution in [1.82, 2.24) is 19.6 Å². The molecule has 2 aliphatic rings. The molecule has 1 aromatic carbocycles. The summed E-state index contributed by atoms with van der Waals surface area (Å²) in [5.74, 6) is 1.84. The molecule has 1 aliphatic carbocycles. The summed E-state index contributed by atoms with van der Waals surface area (Å²) in [4.78, 5) is 18.9. The van der Waals surface area contributed by atoms with Gasteiger partial charge < -0.3 is 19.8 Å². The summed E-state index contributed by atoms with van der Waals surface area (Å²) in [7, 11) is 0. The number of ether oxygens (including phenoxy) is 1. The maximum absolute atomic E-state index is 12.2. The minimum Gasteiger partial charge on any atom is -0.488 e. The van der Waals surface area contributed by atoms with E-state index in [0.717, 1.165) is 41.7 Å². The first kappa shape index (κ1) is 18.9. The Morgan fingerprint density at radius 3 is 2.77 bits per heavy atom. The first-order chi connectivity index (χ1) is 14.7. The van der Waals surface area contributed by atoms with Crippen molar-refractivity contribution in [3.8, 4) is 5.75 Å². The van der Waals surface area contributed by atoms with E-state index >= 15 is 0 Å². The Bertz CT molecular complexity index is 1010. The van der Waals surface area contributed by atoms with Crippen molar-refractivity contribution in [3.05, 3.63) is 60.6 Å². The van der Waals surface area contributed by atoms with Crippen LogP contribution in [0.1, 0.15) is 24.8 Å². The summed E-state index contributed by atoms with van der Waals surface area (Å²) in [6.07, 6.45) is 10.0. The molecule has 0 unspecified atom stereocenters. The molecule has 3 heterocycles. The van der Waals surface area contributed by atoms with Gasteiger partial charge in [-0.15, -0.1) is 0 Å². The lowest BCUT2D eigenvalue weighted by Crippen LogP contribution is -2.53. The van der Waals surface area contributed by atoms with Crippen LogP contribution in [0.5, 0.6) is 5.75 Å². The van der Waals surface area contributed by atoms with Crippen molar-refractivity contribution in [2.75, 3.05) is 25.0 Å². The number of carbonyl (C=O) groups excluding carboxylic acids is 1. The lowest BCUT2D eigenvalue weighted by atomic mass is 10.1. The molecular formula is C23H27N5O2. The predicted molar refractivity (Wildman–Crippen MR) is 116 cm³/mol. The fourth-order valence-corrected chi connectivity index (χ4v) is 3.78. The second kappa shape index (κ2) is 8.36. The zero-order chi connectivity index (χ0) is 20.3. The molecule has 1 saturated heterocycles. The maximum Gasteiger partial charge on any atom is 0.319 e. The van der Waals surface area contributed by atoms with E-state index in [-0.39, 0.29) is 12.1 Å². The number of benzene rings is 1. The minimum atomic E-state index is -0.239. The van der Waals surface area contributed by atoms with E-state index in [4.69, 9.17) is 4.74 Å². The van der Waals surface area contributed by atoms with Crippen molar-refractivity contribution in [2.45, 2.75) is 31.9 Å². The van der Waals surface area contributed by atoms with Crippen LogP contribution in [0.3, 0.4) is 0 Å². The lowest BCUT2D eigenvalue weighted by molar-refractivity contribution is 0.0186. The second-order valence-electron chi connectivity index (χ2n) is 8.29. The zero-order valence-corrected chi connectivity index (χ0v) is 17.0. The van der Waals surface area contributed by atoms with Gasteiger partial charge in [-0.25, -0.2) is 9.78 Å². The number of likely N-dealkylation sites (tertiary alicyclic amines) is 1. The third-order valence-corrected chi connectivity index (χ3v) is 5.80. The number of nitrogens with one attached hydrogen (secondary N) is 2. The highest BCUT2D eigenvalue weighted by atomic mass is 16.5. The fourth-order valence-electron chi connectivity index (χ4n) is 3.78. The van der Waals surface area contributed by atoms with E-state index in [0.29, 0.717) is 6.54 Å². The Balaban J connectivity index is 1.04. The summed E-state index contributed by atoms with van der Waals surface area (Å²) >= 11 is 0. The lowest BCUT2D eigenvalue weighted by Gasteiger charge is -2.39. The molecule has 0 bridgehead atoms. The van der Waals surface area contributed by atoms with Crippen molar-refractivity contribution < 1.29 is 9.53 Å². The van der Waals surface area contributed by atoms with Crippen molar-refractivity contribution in [3.63, 3.8) is 0 Å². The number of imidazole rings is 1. The van der Waals surface area contributed by atoms with Crippen molar-refractivity contribution in [1.29, 1.82) is 0 Å². The molecule has 156 valence electrons. The number of urea groups is 1. The molecule has 1 aliphatic heterocycles. The maximum atomic E-state index is 12.2. The summed E-state index contributed by atoms with van der Waals surface area (Å²) < 4.78 is 7.95. The van der Waals surface area contributed by atoms with Gasteiger partial charge in [-0.2, -0.15) is 0 Å². The molecule has 7 nitrogen and oxygen atoms in total. The van der Waals surface area contributed by atoms with Crippen LogP contribution in [0, 0.1) is 5.92 Å². The number of aromatic nitrogens is 2. The van der Waals surface area contributed by atoms with Gasteiger partial charge in [-0.05, 0) is 60.8 Å². The number of pyridine rings is 1. The highest BCUT2D eigenvalue weighted by Gasteiger charge is 2.30.